The molecule has 2 unspecified atom stereocenters. The molecular weight excluding hydrogens is 252 g/mol. The number of esters is 1. The van der Waals surface area contributed by atoms with E-state index >= 15 is 0 Å². The summed E-state index contributed by atoms with van der Waals surface area (Å²) in [6, 6.07) is 0. The zero-order valence-electron chi connectivity index (χ0n) is 13.3. The average molecular weight is 282 g/mol. The molecule has 1 aliphatic heterocycles. The van der Waals surface area contributed by atoms with Gasteiger partial charge < -0.3 is 9.47 Å². The molecule has 1 fully saturated rings. The lowest BCUT2D eigenvalue weighted by Crippen LogP contribution is -2.07. The van der Waals surface area contributed by atoms with Crippen molar-refractivity contribution in [3.63, 3.8) is 0 Å². The van der Waals surface area contributed by atoms with E-state index in [0.29, 0.717) is 12.7 Å². The van der Waals surface area contributed by atoms with Gasteiger partial charge in [0, 0.05) is 12.7 Å². The van der Waals surface area contributed by atoms with E-state index in [-0.39, 0.29) is 5.97 Å². The third-order valence-electron chi connectivity index (χ3n) is 3.92. The highest BCUT2D eigenvalue weighted by Gasteiger charge is 2.16. The van der Waals surface area contributed by atoms with Crippen LogP contribution in [0.15, 0.2) is 11.6 Å². The van der Waals surface area contributed by atoms with E-state index in [1.165, 1.54) is 32.1 Å². The summed E-state index contributed by atoms with van der Waals surface area (Å²) in [4.78, 5) is 11.3. The molecule has 2 atom stereocenters. The molecule has 0 radical (unpaired) electrons. The number of carbonyl (C=O) groups excluding carboxylic acids is 1. The number of hydrogen-bond acceptors (Lipinski definition) is 3. The van der Waals surface area contributed by atoms with Gasteiger partial charge in [-0.15, -0.1) is 0 Å². The maximum Gasteiger partial charge on any atom is 0.330 e. The predicted octanol–water partition coefficient (Wildman–Crippen LogP) is 4.26. The molecule has 0 saturated carbocycles. The van der Waals surface area contributed by atoms with Crippen LogP contribution in [0.4, 0.5) is 0 Å². The minimum atomic E-state index is -0.212. The molecule has 1 rings (SSSR count). The highest BCUT2D eigenvalue weighted by atomic mass is 16.5. The number of rotatable bonds is 9. The summed E-state index contributed by atoms with van der Waals surface area (Å²) in [5.74, 6) is 0.533. The SMILES string of the molecule is CCOC(=O)/C=C(\C)CCCC(C)CCC1CCCO1. The van der Waals surface area contributed by atoms with Gasteiger partial charge in [0.1, 0.15) is 0 Å². The van der Waals surface area contributed by atoms with Crippen molar-refractivity contribution < 1.29 is 14.3 Å². The number of ether oxygens (including phenoxy) is 2. The monoisotopic (exact) mass is 282 g/mol. The minimum absolute atomic E-state index is 0.212. The Morgan fingerprint density at radius 3 is 2.90 bits per heavy atom. The molecule has 0 aromatic heterocycles. The Bertz CT molecular complexity index is 303. The fraction of sp³-hybridized carbons (Fsp3) is 0.824. The van der Waals surface area contributed by atoms with Gasteiger partial charge in [0.15, 0.2) is 0 Å². The summed E-state index contributed by atoms with van der Waals surface area (Å²) in [6.45, 7) is 7.56. The van der Waals surface area contributed by atoms with E-state index in [2.05, 4.69) is 6.92 Å². The van der Waals surface area contributed by atoms with E-state index in [9.17, 15) is 4.79 Å². The Hall–Kier alpha value is -0.830. The molecule has 1 saturated heterocycles. The van der Waals surface area contributed by atoms with Gasteiger partial charge >= 0.3 is 5.97 Å². The lowest BCUT2D eigenvalue weighted by Gasteiger charge is -2.14. The highest BCUT2D eigenvalue weighted by molar-refractivity contribution is 5.82. The van der Waals surface area contributed by atoms with Crippen LogP contribution in [-0.2, 0) is 14.3 Å². The Kier molecular flexibility index (Phi) is 8.59. The maximum absolute atomic E-state index is 11.3. The molecule has 0 spiro atoms. The van der Waals surface area contributed by atoms with Crippen molar-refractivity contribution in [3.05, 3.63) is 11.6 Å². The van der Waals surface area contributed by atoms with E-state index in [1.54, 1.807) is 6.08 Å². The second-order valence-corrected chi connectivity index (χ2v) is 5.95. The van der Waals surface area contributed by atoms with E-state index in [4.69, 9.17) is 9.47 Å². The van der Waals surface area contributed by atoms with Crippen molar-refractivity contribution in [2.45, 2.75) is 71.8 Å². The lowest BCUT2D eigenvalue weighted by molar-refractivity contribution is -0.137. The smallest absolute Gasteiger partial charge is 0.330 e. The Morgan fingerprint density at radius 2 is 2.25 bits per heavy atom. The molecule has 0 aromatic rings. The molecule has 0 N–H and O–H groups in total. The van der Waals surface area contributed by atoms with Gasteiger partial charge in [-0.05, 0) is 58.3 Å². The van der Waals surface area contributed by atoms with Gasteiger partial charge in [-0.3, -0.25) is 0 Å². The van der Waals surface area contributed by atoms with Crippen LogP contribution in [0.3, 0.4) is 0 Å². The van der Waals surface area contributed by atoms with E-state index < -0.39 is 0 Å². The summed E-state index contributed by atoms with van der Waals surface area (Å²) in [5.41, 5.74) is 1.12. The molecule has 3 nitrogen and oxygen atoms in total. The molecule has 0 aliphatic carbocycles. The fourth-order valence-corrected chi connectivity index (χ4v) is 2.67. The van der Waals surface area contributed by atoms with Gasteiger partial charge in [-0.25, -0.2) is 4.79 Å². The van der Waals surface area contributed by atoms with Crippen LogP contribution in [0.2, 0.25) is 0 Å². The first kappa shape index (κ1) is 17.2. The van der Waals surface area contributed by atoms with Crippen molar-refractivity contribution in [2.24, 2.45) is 5.92 Å². The van der Waals surface area contributed by atoms with Crippen LogP contribution in [-0.4, -0.2) is 25.3 Å². The van der Waals surface area contributed by atoms with Crippen molar-refractivity contribution in [3.8, 4) is 0 Å². The lowest BCUT2D eigenvalue weighted by atomic mass is 9.95. The molecule has 1 aliphatic rings. The summed E-state index contributed by atoms with van der Waals surface area (Å²) in [5, 5.41) is 0. The minimum Gasteiger partial charge on any atom is -0.463 e. The van der Waals surface area contributed by atoms with Gasteiger partial charge in [0.2, 0.25) is 0 Å². The maximum atomic E-state index is 11.3. The zero-order chi connectivity index (χ0) is 14.8. The van der Waals surface area contributed by atoms with Crippen LogP contribution in [0.5, 0.6) is 0 Å². The molecule has 0 bridgehead atoms. The van der Waals surface area contributed by atoms with Crippen LogP contribution >= 0.6 is 0 Å². The van der Waals surface area contributed by atoms with Crippen LogP contribution in [0, 0.1) is 5.92 Å². The Balaban J connectivity index is 2.08. The van der Waals surface area contributed by atoms with Gasteiger partial charge in [0.05, 0.1) is 12.7 Å². The number of carbonyl (C=O) groups is 1. The normalized spacial score (nSPS) is 20.9. The van der Waals surface area contributed by atoms with Gasteiger partial charge in [0.25, 0.3) is 0 Å². The van der Waals surface area contributed by atoms with Crippen molar-refractivity contribution in [1.29, 1.82) is 0 Å². The van der Waals surface area contributed by atoms with Crippen LogP contribution < -0.4 is 0 Å². The number of allylic oxidation sites excluding steroid dienone is 1. The molecule has 20 heavy (non-hydrogen) atoms. The Labute approximate surface area is 123 Å². The third-order valence-corrected chi connectivity index (χ3v) is 3.92. The second kappa shape index (κ2) is 9.98. The van der Waals surface area contributed by atoms with Crippen LogP contribution in [0.25, 0.3) is 0 Å². The first-order valence-corrected chi connectivity index (χ1v) is 8.07. The molecule has 3 heteroatoms. The predicted molar refractivity (Wildman–Crippen MR) is 81.6 cm³/mol. The summed E-state index contributed by atoms with van der Waals surface area (Å²) in [6.07, 6.45) is 10.4. The molecular formula is C17H30O3. The highest BCUT2D eigenvalue weighted by Crippen LogP contribution is 2.22. The molecule has 116 valence electrons. The van der Waals surface area contributed by atoms with Gasteiger partial charge in [-0.1, -0.05) is 18.9 Å². The Morgan fingerprint density at radius 1 is 1.45 bits per heavy atom. The summed E-state index contributed by atoms with van der Waals surface area (Å²) >= 11 is 0. The molecule has 0 aromatic carbocycles. The summed E-state index contributed by atoms with van der Waals surface area (Å²) < 4.78 is 10.6. The fourth-order valence-electron chi connectivity index (χ4n) is 2.67. The van der Waals surface area contributed by atoms with Crippen molar-refractivity contribution >= 4 is 5.97 Å². The largest absolute Gasteiger partial charge is 0.463 e. The van der Waals surface area contributed by atoms with Crippen molar-refractivity contribution in [1.82, 2.24) is 0 Å². The topological polar surface area (TPSA) is 35.5 Å². The van der Waals surface area contributed by atoms with E-state index in [1.807, 2.05) is 13.8 Å². The zero-order valence-corrected chi connectivity index (χ0v) is 13.3. The summed E-state index contributed by atoms with van der Waals surface area (Å²) in [7, 11) is 0. The van der Waals surface area contributed by atoms with Crippen LogP contribution in [0.1, 0.15) is 65.7 Å². The average Bonchev–Trinajstić information content (AvgIpc) is 2.89. The number of hydrogen-bond donors (Lipinski definition) is 0. The molecule has 0 amide bonds. The van der Waals surface area contributed by atoms with E-state index in [0.717, 1.165) is 30.9 Å². The standard InChI is InChI=1S/C17H30O3/c1-4-19-17(18)13-15(3)8-5-7-14(2)10-11-16-9-6-12-20-16/h13-14,16H,4-12H2,1-3H3/b15-13+. The quantitative estimate of drug-likeness (QED) is 0.468. The first-order valence-electron chi connectivity index (χ1n) is 8.07. The third kappa shape index (κ3) is 7.68. The second-order valence-electron chi connectivity index (χ2n) is 5.95. The van der Waals surface area contributed by atoms with Crippen molar-refractivity contribution in [2.75, 3.05) is 13.2 Å². The first-order chi connectivity index (χ1) is 9.61. The van der Waals surface area contributed by atoms with Gasteiger partial charge in [-0.2, -0.15) is 0 Å². The molecule has 1 heterocycles.